The normalized spacial score (nSPS) is 14.2. The van der Waals surface area contributed by atoms with E-state index in [1.165, 1.54) is 25.0 Å². The third kappa shape index (κ3) is 4.89. The number of halogens is 1. The predicted molar refractivity (Wildman–Crippen MR) is 97.5 cm³/mol. The molecule has 1 aliphatic heterocycles. The molecular weight excluding hydrogens is 351 g/mol. The molecule has 122 valence electrons. The minimum absolute atomic E-state index is 0.264. The summed E-state index contributed by atoms with van der Waals surface area (Å²) < 4.78 is 19.4. The van der Waals surface area contributed by atoms with Crippen LogP contribution in [-0.4, -0.2) is 27.3 Å². The Morgan fingerprint density at radius 1 is 1.30 bits per heavy atom. The van der Waals surface area contributed by atoms with Crippen molar-refractivity contribution in [2.24, 2.45) is 0 Å². The van der Waals surface area contributed by atoms with E-state index >= 15 is 0 Å². The number of rotatable bonds is 5. The van der Waals surface area contributed by atoms with Crippen molar-refractivity contribution in [3.8, 4) is 5.75 Å². The zero-order valence-corrected chi connectivity index (χ0v) is 15.0. The number of likely N-dealkylation sites (tertiary alicyclic amines) is 1. The van der Waals surface area contributed by atoms with E-state index in [0.717, 1.165) is 33.9 Å². The molecule has 0 bridgehead atoms. The summed E-state index contributed by atoms with van der Waals surface area (Å²) in [5.74, 6) is 1.18. The molecule has 1 saturated heterocycles. The van der Waals surface area contributed by atoms with E-state index in [1.54, 1.807) is 35.2 Å². The minimum atomic E-state index is -0.264. The van der Waals surface area contributed by atoms with Crippen LogP contribution in [-0.2, 0) is 12.4 Å². The maximum absolute atomic E-state index is 12.8. The molecule has 1 fully saturated rings. The highest BCUT2D eigenvalue weighted by molar-refractivity contribution is 8.22. The molecule has 3 nitrogen and oxygen atoms in total. The number of hydrogen-bond acceptors (Lipinski definition) is 5. The topological polar surface area (TPSA) is 25.4 Å². The van der Waals surface area contributed by atoms with Crippen LogP contribution in [0.2, 0.25) is 0 Å². The van der Waals surface area contributed by atoms with Gasteiger partial charge in [-0.2, -0.15) is 0 Å². The van der Waals surface area contributed by atoms with Crippen LogP contribution in [0.4, 0.5) is 4.39 Å². The molecule has 0 unspecified atom stereocenters. The van der Waals surface area contributed by atoms with E-state index in [9.17, 15) is 4.39 Å². The molecule has 23 heavy (non-hydrogen) atoms. The first kappa shape index (κ1) is 16.7. The molecule has 1 aromatic heterocycles. The van der Waals surface area contributed by atoms with Crippen molar-refractivity contribution in [3.63, 3.8) is 0 Å². The van der Waals surface area contributed by atoms with Crippen molar-refractivity contribution in [1.82, 2.24) is 9.88 Å². The van der Waals surface area contributed by atoms with Gasteiger partial charge in [0.05, 0.1) is 5.69 Å². The van der Waals surface area contributed by atoms with Crippen molar-refractivity contribution in [3.05, 3.63) is 46.2 Å². The fourth-order valence-electron chi connectivity index (χ4n) is 2.28. The van der Waals surface area contributed by atoms with Gasteiger partial charge in [-0.1, -0.05) is 24.0 Å². The summed E-state index contributed by atoms with van der Waals surface area (Å²) in [5.41, 5.74) is 1.03. The van der Waals surface area contributed by atoms with Gasteiger partial charge in [0.1, 0.15) is 27.5 Å². The highest BCUT2D eigenvalue weighted by Crippen LogP contribution is 2.22. The molecule has 1 aliphatic rings. The Balaban J connectivity index is 1.46. The average molecular weight is 369 g/mol. The van der Waals surface area contributed by atoms with Crippen molar-refractivity contribution < 1.29 is 9.13 Å². The second-order valence-corrected chi connectivity index (χ2v) is 7.78. The lowest BCUT2D eigenvalue weighted by atomic mass is 10.3. The first-order valence-corrected chi connectivity index (χ1v) is 9.71. The van der Waals surface area contributed by atoms with Gasteiger partial charge in [0.25, 0.3) is 0 Å². The van der Waals surface area contributed by atoms with E-state index in [0.29, 0.717) is 12.4 Å². The average Bonchev–Trinajstić information content (AvgIpc) is 3.24. The van der Waals surface area contributed by atoms with Crippen molar-refractivity contribution >= 4 is 39.6 Å². The molecule has 0 spiro atoms. The number of benzene rings is 1. The van der Waals surface area contributed by atoms with Crippen LogP contribution in [0.1, 0.15) is 23.5 Å². The lowest BCUT2D eigenvalue weighted by Crippen LogP contribution is -2.23. The lowest BCUT2D eigenvalue weighted by molar-refractivity contribution is 0.305. The number of thiocarbonyl (C=S) groups is 1. The highest BCUT2D eigenvalue weighted by Gasteiger charge is 2.15. The molecule has 2 heterocycles. The number of thiazole rings is 1. The largest absolute Gasteiger partial charge is 0.486 e. The zero-order valence-electron chi connectivity index (χ0n) is 12.5. The lowest BCUT2D eigenvalue weighted by Gasteiger charge is -2.16. The maximum atomic E-state index is 12.8. The molecule has 0 saturated carbocycles. The van der Waals surface area contributed by atoms with E-state index in [4.69, 9.17) is 17.0 Å². The fourth-order valence-corrected chi connectivity index (χ4v) is 4.24. The second kappa shape index (κ2) is 8.08. The SMILES string of the molecule is Fc1ccc(OCc2nc(CSC(=S)N3CCCC3)cs2)cc1. The van der Waals surface area contributed by atoms with Crippen molar-refractivity contribution in [1.29, 1.82) is 0 Å². The van der Waals surface area contributed by atoms with Crippen molar-refractivity contribution in [2.75, 3.05) is 13.1 Å². The Morgan fingerprint density at radius 2 is 2.04 bits per heavy atom. The van der Waals surface area contributed by atoms with Crippen LogP contribution in [0.5, 0.6) is 5.75 Å². The fraction of sp³-hybridized carbons (Fsp3) is 0.375. The van der Waals surface area contributed by atoms with Gasteiger partial charge in [0.15, 0.2) is 0 Å². The number of nitrogens with zero attached hydrogens (tertiary/aromatic N) is 2. The second-order valence-electron chi connectivity index (χ2n) is 5.22. The predicted octanol–water partition coefficient (Wildman–Crippen LogP) is 4.48. The molecule has 0 aliphatic carbocycles. The van der Waals surface area contributed by atoms with Crippen molar-refractivity contribution in [2.45, 2.75) is 25.2 Å². The molecule has 7 heteroatoms. The summed E-state index contributed by atoms with van der Waals surface area (Å²) in [6.07, 6.45) is 2.48. The van der Waals surface area contributed by atoms with Gasteiger partial charge in [0.2, 0.25) is 0 Å². The van der Waals surface area contributed by atoms with Crippen LogP contribution in [0.3, 0.4) is 0 Å². The zero-order chi connectivity index (χ0) is 16.1. The van der Waals surface area contributed by atoms with Gasteiger partial charge in [-0.3, -0.25) is 0 Å². The monoisotopic (exact) mass is 368 g/mol. The summed E-state index contributed by atoms with van der Waals surface area (Å²) in [6.45, 7) is 2.57. The highest BCUT2D eigenvalue weighted by atomic mass is 32.2. The van der Waals surface area contributed by atoms with Gasteiger partial charge >= 0.3 is 0 Å². The van der Waals surface area contributed by atoms with Crippen LogP contribution >= 0.6 is 35.3 Å². The maximum Gasteiger partial charge on any atom is 0.140 e. The van der Waals surface area contributed by atoms with Gasteiger partial charge in [-0.05, 0) is 37.1 Å². The summed E-state index contributed by atoms with van der Waals surface area (Å²) >= 11 is 8.71. The number of ether oxygens (including phenoxy) is 1. The van der Waals surface area contributed by atoms with E-state index in [-0.39, 0.29) is 5.82 Å². The van der Waals surface area contributed by atoms with Gasteiger partial charge in [-0.15, -0.1) is 11.3 Å². The Morgan fingerprint density at radius 3 is 2.78 bits per heavy atom. The van der Waals surface area contributed by atoms with Crippen LogP contribution in [0, 0.1) is 5.82 Å². The molecule has 2 aromatic rings. The Hall–Kier alpha value is -1.18. The summed E-state index contributed by atoms with van der Waals surface area (Å²) in [6, 6.07) is 6.01. The summed E-state index contributed by atoms with van der Waals surface area (Å²) in [7, 11) is 0. The standard InChI is InChI=1S/C16H17FN2OS3/c17-12-3-5-14(6-4-12)20-9-15-18-13(10-22-15)11-23-16(21)19-7-1-2-8-19/h3-6,10H,1-2,7-9,11H2. The van der Waals surface area contributed by atoms with Crippen LogP contribution in [0.15, 0.2) is 29.6 Å². The number of aromatic nitrogens is 1. The molecule has 0 N–H and O–H groups in total. The van der Waals surface area contributed by atoms with Crippen LogP contribution < -0.4 is 4.74 Å². The molecular formula is C16H17FN2OS3. The Bertz CT molecular complexity index is 654. The Kier molecular flexibility index (Phi) is 5.85. The smallest absolute Gasteiger partial charge is 0.140 e. The van der Waals surface area contributed by atoms with E-state index < -0.39 is 0 Å². The van der Waals surface area contributed by atoms with Gasteiger partial charge in [0, 0.05) is 24.2 Å². The number of hydrogen-bond donors (Lipinski definition) is 0. The number of thioether (sulfide) groups is 1. The van der Waals surface area contributed by atoms with Gasteiger partial charge < -0.3 is 9.64 Å². The first-order chi connectivity index (χ1) is 11.2. The summed E-state index contributed by atoms with van der Waals surface area (Å²) in [4.78, 5) is 6.83. The molecule has 0 amide bonds. The minimum Gasteiger partial charge on any atom is -0.486 e. The Labute approximate surface area is 148 Å². The first-order valence-electron chi connectivity index (χ1n) is 7.44. The van der Waals surface area contributed by atoms with E-state index in [2.05, 4.69) is 9.88 Å². The molecule has 0 radical (unpaired) electrons. The van der Waals surface area contributed by atoms with Gasteiger partial charge in [-0.25, -0.2) is 9.37 Å². The van der Waals surface area contributed by atoms with Crippen LogP contribution in [0.25, 0.3) is 0 Å². The summed E-state index contributed by atoms with van der Waals surface area (Å²) in [5, 5.41) is 2.96. The molecule has 0 atom stereocenters. The molecule has 3 rings (SSSR count). The van der Waals surface area contributed by atoms with E-state index in [1.807, 2.05) is 5.38 Å². The quantitative estimate of drug-likeness (QED) is 0.725. The third-order valence-electron chi connectivity index (χ3n) is 3.48. The third-order valence-corrected chi connectivity index (χ3v) is 5.91. The molecule has 1 aromatic carbocycles.